The van der Waals surface area contributed by atoms with Crippen LogP contribution in [0.5, 0.6) is 0 Å². The van der Waals surface area contributed by atoms with Gasteiger partial charge in [0, 0.05) is 37.8 Å². The summed E-state index contributed by atoms with van der Waals surface area (Å²) in [6.45, 7) is 8.69. The molecule has 0 saturated carbocycles. The Bertz CT molecular complexity index is 383. The Labute approximate surface area is 117 Å². The Hall–Kier alpha value is -0.900. The lowest BCUT2D eigenvalue weighted by Gasteiger charge is -2.41. The summed E-state index contributed by atoms with van der Waals surface area (Å²) in [5, 5.41) is 0. The van der Waals surface area contributed by atoms with Crippen LogP contribution in [0, 0.1) is 0 Å². The lowest BCUT2D eigenvalue weighted by molar-refractivity contribution is 0.0839. The van der Waals surface area contributed by atoms with Crippen LogP contribution in [0.15, 0.2) is 30.3 Å². The molecule has 3 nitrogen and oxygen atoms in total. The fourth-order valence-electron chi connectivity index (χ4n) is 2.65. The number of nitrogens with zero attached hydrogens (tertiary/aromatic N) is 2. The van der Waals surface area contributed by atoms with Crippen LogP contribution in [-0.2, 0) is 0 Å². The molecule has 19 heavy (non-hydrogen) atoms. The first-order valence-corrected chi connectivity index (χ1v) is 7.22. The van der Waals surface area contributed by atoms with Crippen molar-refractivity contribution in [2.45, 2.75) is 31.8 Å². The minimum atomic E-state index is -0.0788. The number of piperazine rings is 1. The summed E-state index contributed by atoms with van der Waals surface area (Å²) in [7, 11) is 2.21. The molecule has 1 unspecified atom stereocenters. The molecule has 1 atom stereocenters. The van der Waals surface area contributed by atoms with E-state index in [9.17, 15) is 0 Å². The van der Waals surface area contributed by atoms with Crippen molar-refractivity contribution in [2.24, 2.45) is 5.73 Å². The van der Waals surface area contributed by atoms with Gasteiger partial charge in [-0.15, -0.1) is 0 Å². The third-order valence-corrected chi connectivity index (χ3v) is 3.92. The summed E-state index contributed by atoms with van der Waals surface area (Å²) in [4.78, 5) is 5.01. The van der Waals surface area contributed by atoms with Gasteiger partial charge in [-0.25, -0.2) is 0 Å². The van der Waals surface area contributed by atoms with Gasteiger partial charge in [-0.3, -0.25) is 4.90 Å². The van der Waals surface area contributed by atoms with Crippen LogP contribution >= 0.6 is 0 Å². The summed E-state index contributed by atoms with van der Waals surface area (Å²) in [6.07, 6.45) is 1.04. The molecule has 1 aromatic carbocycles. The number of rotatable bonds is 4. The van der Waals surface area contributed by atoms with Gasteiger partial charge in [-0.1, -0.05) is 30.3 Å². The van der Waals surface area contributed by atoms with E-state index in [2.05, 4.69) is 61.0 Å². The molecule has 3 heteroatoms. The second-order valence-electron chi connectivity index (χ2n) is 6.46. The van der Waals surface area contributed by atoms with E-state index in [1.165, 1.54) is 5.56 Å². The molecule has 2 rings (SSSR count). The third kappa shape index (κ3) is 4.30. The maximum atomic E-state index is 6.13. The molecule has 1 saturated heterocycles. The first kappa shape index (κ1) is 14.5. The highest BCUT2D eigenvalue weighted by Crippen LogP contribution is 2.25. The van der Waals surface area contributed by atoms with E-state index < -0.39 is 0 Å². The van der Waals surface area contributed by atoms with Gasteiger partial charge >= 0.3 is 0 Å². The van der Waals surface area contributed by atoms with Gasteiger partial charge in [0.15, 0.2) is 0 Å². The van der Waals surface area contributed by atoms with E-state index in [1.54, 1.807) is 0 Å². The van der Waals surface area contributed by atoms with Crippen molar-refractivity contribution in [3.63, 3.8) is 0 Å². The second kappa shape index (κ2) is 6.04. The number of benzene rings is 1. The maximum Gasteiger partial charge on any atom is 0.0475 e. The molecule has 1 fully saturated rings. The van der Waals surface area contributed by atoms with Crippen LogP contribution < -0.4 is 5.73 Å². The Kier molecular flexibility index (Phi) is 4.61. The highest BCUT2D eigenvalue weighted by atomic mass is 15.3. The second-order valence-corrected chi connectivity index (χ2v) is 6.46. The average molecular weight is 261 g/mol. The first-order valence-electron chi connectivity index (χ1n) is 7.22. The van der Waals surface area contributed by atoms with E-state index in [1.807, 2.05) is 0 Å². The van der Waals surface area contributed by atoms with Crippen molar-refractivity contribution in [3.8, 4) is 0 Å². The molecule has 1 heterocycles. The summed E-state index contributed by atoms with van der Waals surface area (Å²) in [6, 6.07) is 11.3. The van der Waals surface area contributed by atoms with Crippen LogP contribution in [0.2, 0.25) is 0 Å². The standard InChI is InChI=1S/C16H27N3/c1-16(2,17)9-10-19-12-11-18(3)13-15(19)14-7-5-4-6-8-14/h4-8,15H,9-13,17H2,1-3H3. The molecule has 1 aliphatic rings. The smallest absolute Gasteiger partial charge is 0.0475 e. The molecule has 0 radical (unpaired) electrons. The zero-order valence-corrected chi connectivity index (χ0v) is 12.5. The highest BCUT2D eigenvalue weighted by molar-refractivity contribution is 5.20. The van der Waals surface area contributed by atoms with Crippen molar-refractivity contribution >= 4 is 0 Å². The fourth-order valence-corrected chi connectivity index (χ4v) is 2.65. The van der Waals surface area contributed by atoms with E-state index in [4.69, 9.17) is 5.73 Å². The third-order valence-electron chi connectivity index (χ3n) is 3.92. The van der Waals surface area contributed by atoms with Crippen LogP contribution in [0.1, 0.15) is 31.9 Å². The number of likely N-dealkylation sites (N-methyl/N-ethyl adjacent to an activating group) is 1. The zero-order valence-electron chi connectivity index (χ0n) is 12.5. The minimum Gasteiger partial charge on any atom is -0.326 e. The molecular formula is C16H27N3. The van der Waals surface area contributed by atoms with Gasteiger partial charge in [-0.05, 0) is 32.9 Å². The predicted molar refractivity (Wildman–Crippen MR) is 81.1 cm³/mol. The summed E-state index contributed by atoms with van der Waals surface area (Å²) >= 11 is 0. The van der Waals surface area contributed by atoms with Crippen molar-refractivity contribution in [1.82, 2.24) is 9.80 Å². The Morgan fingerprint density at radius 1 is 1.21 bits per heavy atom. The van der Waals surface area contributed by atoms with Crippen LogP contribution in [0.3, 0.4) is 0 Å². The lowest BCUT2D eigenvalue weighted by atomic mass is 9.98. The molecular weight excluding hydrogens is 234 g/mol. The lowest BCUT2D eigenvalue weighted by Crippen LogP contribution is -2.48. The maximum absolute atomic E-state index is 6.13. The van der Waals surface area contributed by atoms with Crippen molar-refractivity contribution in [1.29, 1.82) is 0 Å². The fraction of sp³-hybridized carbons (Fsp3) is 0.625. The van der Waals surface area contributed by atoms with Crippen LogP contribution in [-0.4, -0.2) is 48.6 Å². The molecule has 0 aromatic heterocycles. The molecule has 0 amide bonds. The van der Waals surface area contributed by atoms with Gasteiger partial charge in [0.05, 0.1) is 0 Å². The SMILES string of the molecule is CN1CCN(CCC(C)(C)N)C(c2ccccc2)C1. The molecule has 0 spiro atoms. The van der Waals surface area contributed by atoms with Crippen molar-refractivity contribution in [2.75, 3.05) is 33.2 Å². The van der Waals surface area contributed by atoms with Gasteiger partial charge in [0.25, 0.3) is 0 Å². The molecule has 0 aliphatic carbocycles. The van der Waals surface area contributed by atoms with Crippen LogP contribution in [0.4, 0.5) is 0 Å². The van der Waals surface area contributed by atoms with E-state index in [-0.39, 0.29) is 5.54 Å². The number of hydrogen-bond donors (Lipinski definition) is 1. The van der Waals surface area contributed by atoms with Crippen LogP contribution in [0.25, 0.3) is 0 Å². The largest absolute Gasteiger partial charge is 0.326 e. The molecule has 2 N–H and O–H groups in total. The minimum absolute atomic E-state index is 0.0788. The van der Waals surface area contributed by atoms with E-state index in [0.717, 1.165) is 32.6 Å². The van der Waals surface area contributed by atoms with Gasteiger partial charge in [0.2, 0.25) is 0 Å². The molecule has 0 bridgehead atoms. The zero-order chi connectivity index (χ0) is 13.9. The molecule has 106 valence electrons. The topological polar surface area (TPSA) is 32.5 Å². The summed E-state index contributed by atoms with van der Waals surface area (Å²) in [5.41, 5.74) is 7.47. The first-order chi connectivity index (χ1) is 8.96. The van der Waals surface area contributed by atoms with Crippen molar-refractivity contribution < 1.29 is 0 Å². The average Bonchev–Trinajstić information content (AvgIpc) is 2.37. The highest BCUT2D eigenvalue weighted by Gasteiger charge is 2.27. The van der Waals surface area contributed by atoms with Gasteiger partial charge in [0.1, 0.15) is 0 Å². The van der Waals surface area contributed by atoms with E-state index >= 15 is 0 Å². The Balaban J connectivity index is 2.07. The molecule has 1 aromatic rings. The monoisotopic (exact) mass is 261 g/mol. The van der Waals surface area contributed by atoms with Gasteiger partial charge in [-0.2, -0.15) is 0 Å². The quantitative estimate of drug-likeness (QED) is 0.901. The Morgan fingerprint density at radius 3 is 2.53 bits per heavy atom. The van der Waals surface area contributed by atoms with Crippen molar-refractivity contribution in [3.05, 3.63) is 35.9 Å². The predicted octanol–water partition coefficient (Wildman–Crippen LogP) is 2.10. The number of hydrogen-bond acceptors (Lipinski definition) is 3. The summed E-state index contributed by atoms with van der Waals surface area (Å²) < 4.78 is 0. The van der Waals surface area contributed by atoms with E-state index in [0.29, 0.717) is 6.04 Å². The number of nitrogens with two attached hydrogens (primary N) is 1. The normalized spacial score (nSPS) is 22.6. The molecule has 1 aliphatic heterocycles. The Morgan fingerprint density at radius 2 is 1.89 bits per heavy atom. The van der Waals surface area contributed by atoms with Gasteiger partial charge < -0.3 is 10.6 Å². The summed E-state index contributed by atoms with van der Waals surface area (Å²) in [5.74, 6) is 0.